The van der Waals surface area contributed by atoms with E-state index in [1.54, 1.807) is 0 Å². The summed E-state index contributed by atoms with van der Waals surface area (Å²) in [7, 11) is -3.80. The van der Waals surface area contributed by atoms with E-state index in [-0.39, 0.29) is 16.9 Å². The van der Waals surface area contributed by atoms with Gasteiger partial charge in [-0.25, -0.2) is 8.42 Å². The van der Waals surface area contributed by atoms with E-state index >= 15 is 0 Å². The van der Waals surface area contributed by atoms with Crippen LogP contribution >= 0.6 is 0 Å². The molecule has 1 aromatic rings. The molecule has 1 aliphatic heterocycles. The molecule has 1 fully saturated rings. The van der Waals surface area contributed by atoms with Gasteiger partial charge < -0.3 is 10.1 Å². The Morgan fingerprint density at radius 2 is 2.04 bits per heavy atom. The molecule has 0 atom stereocenters. The number of nitro groups is 1. The van der Waals surface area contributed by atoms with Gasteiger partial charge in [0.2, 0.25) is 15.9 Å². The van der Waals surface area contributed by atoms with Crippen molar-refractivity contribution < 1.29 is 22.9 Å². The second kappa shape index (κ2) is 9.11. The quantitative estimate of drug-likeness (QED) is 0.486. The normalized spacial score (nSPS) is 15.3. The van der Waals surface area contributed by atoms with Gasteiger partial charge >= 0.3 is 0 Å². The number of nitrogens with one attached hydrogen (secondary N) is 1. The molecule has 0 radical (unpaired) electrons. The van der Waals surface area contributed by atoms with Crippen molar-refractivity contribution in [3.63, 3.8) is 0 Å². The summed E-state index contributed by atoms with van der Waals surface area (Å²) in [5, 5.41) is 13.8. The van der Waals surface area contributed by atoms with E-state index in [1.807, 2.05) is 0 Å². The smallest absolute Gasteiger partial charge is 0.274 e. The summed E-state index contributed by atoms with van der Waals surface area (Å²) in [6.45, 7) is 4.93. The Hall–Kier alpha value is -2.24. The molecule has 1 aromatic carbocycles. The van der Waals surface area contributed by atoms with Crippen LogP contribution in [-0.2, 0) is 19.6 Å². The fourth-order valence-electron chi connectivity index (χ4n) is 2.83. The highest BCUT2D eigenvalue weighted by atomic mass is 32.2. The van der Waals surface area contributed by atoms with Crippen molar-refractivity contribution >= 4 is 27.3 Å². The number of hydrogen-bond acceptors (Lipinski definition) is 7. The predicted octanol–water partition coefficient (Wildman–Crippen LogP) is 0.118. The summed E-state index contributed by atoms with van der Waals surface area (Å²) >= 11 is 0. The standard InChI is InChI=1S/C16H24N4O6S/c1-13-14(4-3-5-15(13)20(22)23)19(27(2,24)25)12-16(21)17-6-7-18-8-10-26-11-9-18/h3-5H,6-12H2,1-2H3,(H,17,21). The van der Waals surface area contributed by atoms with Crippen LogP contribution in [0.25, 0.3) is 0 Å². The number of anilines is 1. The number of rotatable bonds is 8. The van der Waals surface area contributed by atoms with Crippen LogP contribution < -0.4 is 9.62 Å². The van der Waals surface area contributed by atoms with Gasteiger partial charge in [0, 0.05) is 32.2 Å². The maximum absolute atomic E-state index is 12.3. The fourth-order valence-corrected chi connectivity index (χ4v) is 3.73. The second-order valence-electron chi connectivity index (χ2n) is 6.25. The van der Waals surface area contributed by atoms with E-state index in [2.05, 4.69) is 10.2 Å². The van der Waals surface area contributed by atoms with Crippen LogP contribution in [0.2, 0.25) is 0 Å². The van der Waals surface area contributed by atoms with Crippen LogP contribution in [0.3, 0.4) is 0 Å². The zero-order valence-electron chi connectivity index (χ0n) is 15.4. The Kier molecular flexibility index (Phi) is 7.11. The minimum atomic E-state index is -3.80. The molecular weight excluding hydrogens is 376 g/mol. The average molecular weight is 400 g/mol. The van der Waals surface area contributed by atoms with E-state index in [0.717, 1.165) is 23.7 Å². The maximum atomic E-state index is 12.3. The summed E-state index contributed by atoms with van der Waals surface area (Å²) in [5.74, 6) is -0.473. The monoisotopic (exact) mass is 400 g/mol. The van der Waals surface area contributed by atoms with E-state index in [4.69, 9.17) is 4.74 Å². The van der Waals surface area contributed by atoms with E-state index in [9.17, 15) is 23.3 Å². The molecule has 0 aliphatic carbocycles. The van der Waals surface area contributed by atoms with Crippen LogP contribution in [0.4, 0.5) is 11.4 Å². The highest BCUT2D eigenvalue weighted by molar-refractivity contribution is 7.92. The highest BCUT2D eigenvalue weighted by Gasteiger charge is 2.25. The molecule has 1 saturated heterocycles. The lowest BCUT2D eigenvalue weighted by molar-refractivity contribution is -0.385. The number of nitro benzene ring substituents is 1. The third-order valence-electron chi connectivity index (χ3n) is 4.28. The first-order chi connectivity index (χ1) is 12.7. The lowest BCUT2D eigenvalue weighted by Crippen LogP contribution is -2.44. The largest absolute Gasteiger partial charge is 0.379 e. The topological polar surface area (TPSA) is 122 Å². The summed E-state index contributed by atoms with van der Waals surface area (Å²) in [6.07, 6.45) is 0.965. The molecule has 0 unspecified atom stereocenters. The number of morpholine rings is 1. The van der Waals surface area contributed by atoms with Gasteiger partial charge in [-0.2, -0.15) is 0 Å². The van der Waals surface area contributed by atoms with Crippen LogP contribution in [0.5, 0.6) is 0 Å². The van der Waals surface area contributed by atoms with E-state index < -0.39 is 27.4 Å². The third kappa shape index (κ3) is 5.88. The highest BCUT2D eigenvalue weighted by Crippen LogP contribution is 2.29. The number of ether oxygens (including phenoxy) is 1. The van der Waals surface area contributed by atoms with Gasteiger partial charge in [-0.05, 0) is 13.0 Å². The molecular formula is C16H24N4O6S. The van der Waals surface area contributed by atoms with Gasteiger partial charge in [-0.1, -0.05) is 6.07 Å². The van der Waals surface area contributed by atoms with Crippen molar-refractivity contribution in [3.8, 4) is 0 Å². The number of carbonyl (C=O) groups excluding carboxylic acids is 1. The van der Waals surface area contributed by atoms with Crippen molar-refractivity contribution in [2.75, 3.05) is 56.5 Å². The van der Waals surface area contributed by atoms with Crippen molar-refractivity contribution in [3.05, 3.63) is 33.9 Å². The minimum Gasteiger partial charge on any atom is -0.379 e. The molecule has 11 heteroatoms. The molecule has 0 saturated carbocycles. The molecule has 0 aromatic heterocycles. The molecule has 150 valence electrons. The molecule has 10 nitrogen and oxygen atoms in total. The van der Waals surface area contributed by atoms with Crippen molar-refractivity contribution in [2.24, 2.45) is 0 Å². The average Bonchev–Trinajstić information content (AvgIpc) is 2.60. The molecule has 1 heterocycles. The number of benzene rings is 1. The van der Waals surface area contributed by atoms with E-state index in [1.165, 1.54) is 25.1 Å². The predicted molar refractivity (Wildman–Crippen MR) is 100 cm³/mol. The van der Waals surface area contributed by atoms with Gasteiger partial charge in [0.1, 0.15) is 6.54 Å². The zero-order valence-corrected chi connectivity index (χ0v) is 16.2. The first kappa shape index (κ1) is 21.1. The Balaban J connectivity index is 2.06. The van der Waals surface area contributed by atoms with Crippen LogP contribution in [0.15, 0.2) is 18.2 Å². The van der Waals surface area contributed by atoms with Gasteiger partial charge in [0.05, 0.1) is 35.6 Å². The Morgan fingerprint density at radius 3 is 2.63 bits per heavy atom. The van der Waals surface area contributed by atoms with Gasteiger partial charge in [0.15, 0.2) is 0 Å². The summed E-state index contributed by atoms with van der Waals surface area (Å²) < 4.78 is 30.5. The van der Waals surface area contributed by atoms with Crippen molar-refractivity contribution in [2.45, 2.75) is 6.92 Å². The van der Waals surface area contributed by atoms with E-state index in [0.29, 0.717) is 26.3 Å². The lowest BCUT2D eigenvalue weighted by Gasteiger charge is -2.27. The second-order valence-corrected chi connectivity index (χ2v) is 8.16. The fraction of sp³-hybridized carbons (Fsp3) is 0.562. The first-order valence-electron chi connectivity index (χ1n) is 8.48. The first-order valence-corrected chi connectivity index (χ1v) is 10.3. The van der Waals surface area contributed by atoms with Crippen molar-refractivity contribution in [1.29, 1.82) is 0 Å². The Bertz CT molecular complexity index is 792. The molecule has 27 heavy (non-hydrogen) atoms. The van der Waals surface area contributed by atoms with Gasteiger partial charge in [-0.3, -0.25) is 24.1 Å². The molecule has 1 N–H and O–H groups in total. The maximum Gasteiger partial charge on any atom is 0.274 e. The number of nitrogens with zero attached hydrogens (tertiary/aromatic N) is 3. The summed E-state index contributed by atoms with van der Waals surface area (Å²) in [5.41, 5.74) is 0.109. The van der Waals surface area contributed by atoms with Crippen LogP contribution in [-0.4, -0.2) is 76.3 Å². The summed E-state index contributed by atoms with van der Waals surface area (Å²) in [6, 6.07) is 4.14. The molecule has 2 rings (SSSR count). The molecule has 1 amide bonds. The Morgan fingerprint density at radius 1 is 1.37 bits per heavy atom. The van der Waals surface area contributed by atoms with Gasteiger partial charge in [0.25, 0.3) is 5.69 Å². The number of hydrogen-bond donors (Lipinski definition) is 1. The van der Waals surface area contributed by atoms with Crippen LogP contribution in [0, 0.1) is 17.0 Å². The van der Waals surface area contributed by atoms with Crippen LogP contribution in [0.1, 0.15) is 5.56 Å². The number of sulfonamides is 1. The zero-order chi connectivity index (χ0) is 20.0. The van der Waals surface area contributed by atoms with Crippen molar-refractivity contribution in [1.82, 2.24) is 10.2 Å². The SMILES string of the molecule is Cc1c(N(CC(=O)NCCN2CCOCC2)S(C)(=O)=O)cccc1[N+](=O)[O-]. The third-order valence-corrected chi connectivity index (χ3v) is 5.41. The molecule has 0 bridgehead atoms. The summed E-state index contributed by atoms with van der Waals surface area (Å²) in [4.78, 5) is 24.9. The molecule has 0 spiro atoms. The lowest BCUT2D eigenvalue weighted by atomic mass is 10.1. The number of amides is 1. The number of carbonyl (C=O) groups is 1. The minimum absolute atomic E-state index is 0.120. The molecule has 1 aliphatic rings. The van der Waals surface area contributed by atoms with Gasteiger partial charge in [-0.15, -0.1) is 0 Å². The Labute approximate surface area is 158 Å².